The van der Waals surface area contributed by atoms with Gasteiger partial charge in [0.25, 0.3) is 0 Å². The molecule has 1 aromatic heterocycles. The second-order valence-corrected chi connectivity index (χ2v) is 4.56. The molecule has 1 aromatic carbocycles. The van der Waals surface area contributed by atoms with Crippen LogP contribution in [0.25, 0.3) is 11.3 Å². The fourth-order valence-electron chi connectivity index (χ4n) is 2.22. The number of nitrogens with two attached hydrogens (primary N) is 1. The number of ether oxygens (including phenoxy) is 2. The molecule has 1 aliphatic heterocycles. The smallest absolute Gasteiger partial charge is 0.161 e. The fraction of sp³-hybridized carbons (Fsp3) is 0.357. The normalized spacial score (nSPS) is 14.2. The SMILES string of the molecule is Cn1nc(CN)cc1-c1ccc2c(c1)OCCCO2. The van der Waals surface area contributed by atoms with E-state index in [0.29, 0.717) is 19.8 Å². The first-order valence-electron chi connectivity index (χ1n) is 6.41. The molecule has 100 valence electrons. The summed E-state index contributed by atoms with van der Waals surface area (Å²) < 4.78 is 13.2. The summed E-state index contributed by atoms with van der Waals surface area (Å²) in [5.41, 5.74) is 8.58. The molecule has 0 spiro atoms. The molecule has 19 heavy (non-hydrogen) atoms. The van der Waals surface area contributed by atoms with Gasteiger partial charge in [-0.3, -0.25) is 4.68 Å². The zero-order valence-electron chi connectivity index (χ0n) is 10.9. The topological polar surface area (TPSA) is 62.3 Å². The maximum atomic E-state index is 5.70. The van der Waals surface area contributed by atoms with Gasteiger partial charge in [-0.05, 0) is 24.3 Å². The molecule has 2 heterocycles. The third-order valence-corrected chi connectivity index (χ3v) is 3.18. The van der Waals surface area contributed by atoms with Crippen molar-refractivity contribution in [2.75, 3.05) is 13.2 Å². The predicted octanol–water partition coefficient (Wildman–Crippen LogP) is 1.71. The molecule has 3 rings (SSSR count). The van der Waals surface area contributed by atoms with Gasteiger partial charge in [0, 0.05) is 25.6 Å². The highest BCUT2D eigenvalue weighted by Crippen LogP contribution is 2.34. The minimum Gasteiger partial charge on any atom is -0.490 e. The molecule has 0 fully saturated rings. The van der Waals surface area contributed by atoms with Gasteiger partial charge in [-0.1, -0.05) is 0 Å². The van der Waals surface area contributed by atoms with Crippen molar-refractivity contribution in [2.45, 2.75) is 13.0 Å². The first-order chi connectivity index (χ1) is 9.28. The van der Waals surface area contributed by atoms with Gasteiger partial charge in [0.15, 0.2) is 11.5 Å². The highest BCUT2D eigenvalue weighted by molar-refractivity contribution is 5.64. The molecule has 5 nitrogen and oxygen atoms in total. The largest absolute Gasteiger partial charge is 0.490 e. The summed E-state index contributed by atoms with van der Waals surface area (Å²) in [4.78, 5) is 0. The van der Waals surface area contributed by atoms with Gasteiger partial charge >= 0.3 is 0 Å². The molecular formula is C14H17N3O2. The summed E-state index contributed by atoms with van der Waals surface area (Å²) in [6, 6.07) is 7.97. The number of aryl methyl sites for hydroxylation is 1. The van der Waals surface area contributed by atoms with E-state index in [9.17, 15) is 0 Å². The van der Waals surface area contributed by atoms with E-state index in [2.05, 4.69) is 5.10 Å². The van der Waals surface area contributed by atoms with Crippen LogP contribution >= 0.6 is 0 Å². The van der Waals surface area contributed by atoms with Crippen LogP contribution in [0.4, 0.5) is 0 Å². The molecule has 2 N–H and O–H groups in total. The van der Waals surface area contributed by atoms with Crippen molar-refractivity contribution in [3.63, 3.8) is 0 Å². The van der Waals surface area contributed by atoms with E-state index in [1.165, 1.54) is 0 Å². The number of hydrogen-bond acceptors (Lipinski definition) is 4. The highest BCUT2D eigenvalue weighted by Gasteiger charge is 2.13. The van der Waals surface area contributed by atoms with Crippen molar-refractivity contribution in [2.24, 2.45) is 12.8 Å². The van der Waals surface area contributed by atoms with E-state index < -0.39 is 0 Å². The highest BCUT2D eigenvalue weighted by atomic mass is 16.5. The molecule has 5 heteroatoms. The van der Waals surface area contributed by atoms with Crippen LogP contribution in [0.2, 0.25) is 0 Å². The summed E-state index contributed by atoms with van der Waals surface area (Å²) in [7, 11) is 1.91. The molecular weight excluding hydrogens is 242 g/mol. The van der Waals surface area contributed by atoms with Crippen molar-refractivity contribution >= 4 is 0 Å². The Morgan fingerprint density at radius 3 is 2.74 bits per heavy atom. The lowest BCUT2D eigenvalue weighted by Gasteiger charge is -2.09. The summed E-state index contributed by atoms with van der Waals surface area (Å²) in [6.45, 7) is 1.84. The number of rotatable bonds is 2. The monoisotopic (exact) mass is 259 g/mol. The number of benzene rings is 1. The zero-order chi connectivity index (χ0) is 13.2. The lowest BCUT2D eigenvalue weighted by Crippen LogP contribution is -1.99. The Balaban J connectivity index is 2.01. The Hall–Kier alpha value is -2.01. The van der Waals surface area contributed by atoms with Gasteiger partial charge in [0.1, 0.15) is 0 Å². The maximum absolute atomic E-state index is 5.70. The van der Waals surface area contributed by atoms with Crippen LogP contribution < -0.4 is 15.2 Å². The van der Waals surface area contributed by atoms with Crippen molar-refractivity contribution < 1.29 is 9.47 Å². The second-order valence-electron chi connectivity index (χ2n) is 4.56. The first kappa shape index (κ1) is 12.0. The van der Waals surface area contributed by atoms with Crippen LogP contribution in [-0.4, -0.2) is 23.0 Å². The summed E-state index contributed by atoms with van der Waals surface area (Å²) in [6.07, 6.45) is 0.910. The fourth-order valence-corrected chi connectivity index (χ4v) is 2.22. The minimum atomic E-state index is 0.443. The lowest BCUT2D eigenvalue weighted by atomic mass is 10.1. The Bertz CT molecular complexity index is 592. The number of aromatic nitrogens is 2. The number of hydrogen-bond donors (Lipinski definition) is 1. The summed E-state index contributed by atoms with van der Waals surface area (Å²) >= 11 is 0. The van der Waals surface area contributed by atoms with Gasteiger partial charge in [-0.25, -0.2) is 0 Å². The van der Waals surface area contributed by atoms with Crippen LogP contribution in [0.5, 0.6) is 11.5 Å². The van der Waals surface area contributed by atoms with Crippen molar-refractivity contribution in [1.82, 2.24) is 9.78 Å². The van der Waals surface area contributed by atoms with Crippen LogP contribution in [0.3, 0.4) is 0 Å². The molecule has 0 atom stereocenters. The minimum absolute atomic E-state index is 0.443. The van der Waals surface area contributed by atoms with Gasteiger partial charge in [0.2, 0.25) is 0 Å². The maximum Gasteiger partial charge on any atom is 0.161 e. The molecule has 1 aliphatic rings. The molecule has 0 radical (unpaired) electrons. The van der Waals surface area contributed by atoms with Crippen molar-refractivity contribution in [1.29, 1.82) is 0 Å². The Morgan fingerprint density at radius 2 is 2.00 bits per heavy atom. The van der Waals surface area contributed by atoms with Gasteiger partial charge < -0.3 is 15.2 Å². The van der Waals surface area contributed by atoms with Crippen LogP contribution in [0.1, 0.15) is 12.1 Å². The van der Waals surface area contributed by atoms with Crippen molar-refractivity contribution in [3.8, 4) is 22.8 Å². The van der Waals surface area contributed by atoms with Crippen LogP contribution in [-0.2, 0) is 13.6 Å². The van der Waals surface area contributed by atoms with E-state index in [1.807, 2.05) is 36.0 Å². The molecule has 0 saturated heterocycles. The molecule has 0 amide bonds. The molecule has 0 unspecified atom stereocenters. The number of fused-ring (bicyclic) bond motifs is 1. The van der Waals surface area contributed by atoms with E-state index in [-0.39, 0.29) is 0 Å². The zero-order valence-corrected chi connectivity index (χ0v) is 10.9. The quantitative estimate of drug-likeness (QED) is 0.891. The van der Waals surface area contributed by atoms with Gasteiger partial charge in [-0.2, -0.15) is 5.10 Å². The third-order valence-electron chi connectivity index (χ3n) is 3.18. The standard InChI is InChI=1S/C14H17N3O2/c1-17-12(8-11(9-15)16-17)10-3-4-13-14(7-10)19-6-2-5-18-13/h3-4,7-8H,2,5-6,9,15H2,1H3. The lowest BCUT2D eigenvalue weighted by molar-refractivity contribution is 0.297. The summed E-state index contributed by atoms with van der Waals surface area (Å²) in [5, 5.41) is 4.36. The van der Waals surface area contributed by atoms with Crippen LogP contribution in [0.15, 0.2) is 24.3 Å². The number of nitrogens with zero attached hydrogens (tertiary/aromatic N) is 2. The van der Waals surface area contributed by atoms with E-state index in [4.69, 9.17) is 15.2 Å². The second kappa shape index (κ2) is 4.93. The molecule has 0 bridgehead atoms. The molecule has 0 saturated carbocycles. The molecule has 0 aliphatic carbocycles. The summed E-state index contributed by atoms with van der Waals surface area (Å²) in [5.74, 6) is 1.60. The van der Waals surface area contributed by atoms with Gasteiger partial charge in [-0.15, -0.1) is 0 Å². The average molecular weight is 259 g/mol. The van der Waals surface area contributed by atoms with Gasteiger partial charge in [0.05, 0.1) is 24.6 Å². The Kier molecular flexibility index (Phi) is 3.13. The van der Waals surface area contributed by atoms with E-state index in [0.717, 1.165) is 34.9 Å². The van der Waals surface area contributed by atoms with E-state index >= 15 is 0 Å². The Morgan fingerprint density at radius 1 is 1.21 bits per heavy atom. The third kappa shape index (κ3) is 2.29. The van der Waals surface area contributed by atoms with E-state index in [1.54, 1.807) is 0 Å². The average Bonchev–Trinajstić information content (AvgIpc) is 2.66. The molecule has 2 aromatic rings. The Labute approximate surface area is 111 Å². The van der Waals surface area contributed by atoms with Crippen LogP contribution in [0, 0.1) is 0 Å². The predicted molar refractivity (Wildman–Crippen MR) is 72.1 cm³/mol. The van der Waals surface area contributed by atoms with Crippen molar-refractivity contribution in [3.05, 3.63) is 30.0 Å². The first-order valence-corrected chi connectivity index (χ1v) is 6.41.